The van der Waals surface area contributed by atoms with Crippen molar-refractivity contribution < 1.29 is 0 Å². The molecule has 14 heavy (non-hydrogen) atoms. The number of halogens is 1. The third kappa shape index (κ3) is 1.44. The molecule has 0 atom stereocenters. The number of pyridine rings is 1. The summed E-state index contributed by atoms with van der Waals surface area (Å²) < 4.78 is 1.43. The van der Waals surface area contributed by atoms with Crippen molar-refractivity contribution in [1.82, 2.24) is 9.38 Å². The average molecular weight is 212 g/mol. The summed E-state index contributed by atoms with van der Waals surface area (Å²) in [6.07, 6.45) is 1.65. The minimum absolute atomic E-state index is 0. The van der Waals surface area contributed by atoms with Gasteiger partial charge in [-0.05, 0) is 19.1 Å². The van der Waals surface area contributed by atoms with Crippen LogP contribution in [0.15, 0.2) is 29.2 Å². The monoisotopic (exact) mass is 211 g/mol. The third-order valence-corrected chi connectivity index (χ3v) is 1.96. The van der Waals surface area contributed by atoms with E-state index in [2.05, 4.69) is 4.98 Å². The first-order chi connectivity index (χ1) is 6.20. The second-order valence-electron chi connectivity index (χ2n) is 2.84. The quantitative estimate of drug-likeness (QED) is 0.708. The number of nitrogen functional groups attached to an aromatic ring is 1. The maximum atomic E-state index is 11.5. The Bertz CT molecular complexity index is 521. The molecule has 0 aliphatic rings. The summed E-state index contributed by atoms with van der Waals surface area (Å²) in [6.45, 7) is 1.73. The Labute approximate surface area is 86.8 Å². The van der Waals surface area contributed by atoms with Crippen LogP contribution in [0.1, 0.15) is 5.69 Å². The summed E-state index contributed by atoms with van der Waals surface area (Å²) in [5, 5.41) is 0. The molecule has 0 fully saturated rings. The second-order valence-corrected chi connectivity index (χ2v) is 2.84. The zero-order chi connectivity index (χ0) is 9.42. The molecule has 2 heterocycles. The molecule has 2 aromatic rings. The highest BCUT2D eigenvalue weighted by atomic mass is 35.5. The maximum Gasteiger partial charge on any atom is 0.281 e. The summed E-state index contributed by atoms with van der Waals surface area (Å²) >= 11 is 0. The molecule has 2 N–H and O–H groups in total. The van der Waals surface area contributed by atoms with E-state index in [9.17, 15) is 4.79 Å². The van der Waals surface area contributed by atoms with Crippen LogP contribution in [0, 0.1) is 6.92 Å². The van der Waals surface area contributed by atoms with Gasteiger partial charge in [-0.15, -0.1) is 12.4 Å². The van der Waals surface area contributed by atoms with Gasteiger partial charge in [-0.25, -0.2) is 4.98 Å². The van der Waals surface area contributed by atoms with Crippen LogP contribution in [0.5, 0.6) is 0 Å². The van der Waals surface area contributed by atoms with E-state index >= 15 is 0 Å². The SMILES string of the molecule is Cc1nc2ccccn2c(=O)c1N.Cl. The van der Waals surface area contributed by atoms with Crippen molar-refractivity contribution in [3.63, 3.8) is 0 Å². The Morgan fingerprint density at radius 2 is 2.14 bits per heavy atom. The third-order valence-electron chi connectivity index (χ3n) is 1.96. The van der Waals surface area contributed by atoms with Crippen molar-refractivity contribution in [2.24, 2.45) is 0 Å². The van der Waals surface area contributed by atoms with Crippen molar-refractivity contribution in [1.29, 1.82) is 0 Å². The lowest BCUT2D eigenvalue weighted by atomic mass is 10.3. The summed E-state index contributed by atoms with van der Waals surface area (Å²) in [5.41, 5.74) is 6.76. The van der Waals surface area contributed by atoms with E-state index in [0.717, 1.165) is 0 Å². The van der Waals surface area contributed by atoms with Crippen LogP contribution in [0.2, 0.25) is 0 Å². The Kier molecular flexibility index (Phi) is 2.76. The van der Waals surface area contributed by atoms with Gasteiger partial charge >= 0.3 is 0 Å². The lowest BCUT2D eigenvalue weighted by Crippen LogP contribution is -2.19. The molecule has 2 aromatic heterocycles. The molecular weight excluding hydrogens is 202 g/mol. The van der Waals surface area contributed by atoms with Gasteiger partial charge in [0.1, 0.15) is 11.3 Å². The average Bonchev–Trinajstić information content (AvgIpc) is 2.15. The van der Waals surface area contributed by atoms with Gasteiger partial charge in [0.2, 0.25) is 0 Å². The zero-order valence-corrected chi connectivity index (χ0v) is 8.41. The lowest BCUT2D eigenvalue weighted by molar-refractivity contribution is 1.02. The molecule has 2 rings (SSSR count). The van der Waals surface area contributed by atoms with Crippen LogP contribution >= 0.6 is 12.4 Å². The van der Waals surface area contributed by atoms with Crippen molar-refractivity contribution in [2.45, 2.75) is 6.92 Å². The van der Waals surface area contributed by atoms with Gasteiger partial charge in [0.25, 0.3) is 5.56 Å². The molecule has 0 saturated heterocycles. The number of aromatic nitrogens is 2. The van der Waals surface area contributed by atoms with E-state index in [1.54, 1.807) is 25.3 Å². The zero-order valence-electron chi connectivity index (χ0n) is 7.60. The molecule has 5 heteroatoms. The first-order valence-corrected chi connectivity index (χ1v) is 3.93. The molecule has 4 nitrogen and oxygen atoms in total. The highest BCUT2D eigenvalue weighted by Gasteiger charge is 2.03. The van der Waals surface area contributed by atoms with E-state index in [-0.39, 0.29) is 23.7 Å². The van der Waals surface area contributed by atoms with Crippen molar-refractivity contribution >= 4 is 23.7 Å². The Hall–Kier alpha value is -1.55. The first-order valence-electron chi connectivity index (χ1n) is 3.93. The molecule has 0 aliphatic heterocycles. The van der Waals surface area contributed by atoms with Crippen LogP contribution in [0.3, 0.4) is 0 Å². The van der Waals surface area contributed by atoms with E-state index in [1.807, 2.05) is 6.07 Å². The van der Waals surface area contributed by atoms with Gasteiger partial charge in [-0.2, -0.15) is 0 Å². The first kappa shape index (κ1) is 10.5. The second kappa shape index (κ2) is 3.67. The fourth-order valence-electron chi connectivity index (χ4n) is 1.21. The van der Waals surface area contributed by atoms with Crippen LogP contribution in [0.25, 0.3) is 5.65 Å². The smallest absolute Gasteiger partial charge is 0.281 e. The fraction of sp³-hybridized carbons (Fsp3) is 0.111. The molecule has 74 valence electrons. The number of hydrogen-bond acceptors (Lipinski definition) is 3. The number of rotatable bonds is 0. The molecule has 0 aliphatic carbocycles. The summed E-state index contributed by atoms with van der Waals surface area (Å²) in [7, 11) is 0. The van der Waals surface area contributed by atoms with Gasteiger partial charge in [0, 0.05) is 6.20 Å². The predicted molar refractivity (Wildman–Crippen MR) is 57.9 cm³/mol. The Morgan fingerprint density at radius 3 is 2.86 bits per heavy atom. The molecule has 0 spiro atoms. The molecule has 0 saturated carbocycles. The van der Waals surface area contributed by atoms with Crippen molar-refractivity contribution in [3.8, 4) is 0 Å². The minimum atomic E-state index is -0.205. The van der Waals surface area contributed by atoms with Crippen molar-refractivity contribution in [3.05, 3.63) is 40.4 Å². The molecular formula is C9H10ClN3O. The van der Waals surface area contributed by atoms with Gasteiger partial charge < -0.3 is 5.73 Å². The fourth-order valence-corrected chi connectivity index (χ4v) is 1.21. The van der Waals surface area contributed by atoms with Crippen LogP contribution in [-0.4, -0.2) is 9.38 Å². The topological polar surface area (TPSA) is 60.4 Å². The normalized spacial score (nSPS) is 9.79. The molecule has 0 amide bonds. The van der Waals surface area contributed by atoms with Gasteiger partial charge in [0.15, 0.2) is 0 Å². The molecule has 0 bridgehead atoms. The van der Waals surface area contributed by atoms with Crippen LogP contribution < -0.4 is 11.3 Å². The molecule has 0 aromatic carbocycles. The van der Waals surface area contributed by atoms with Gasteiger partial charge in [-0.3, -0.25) is 9.20 Å². The highest BCUT2D eigenvalue weighted by molar-refractivity contribution is 5.85. The van der Waals surface area contributed by atoms with E-state index < -0.39 is 0 Å². The number of aryl methyl sites for hydroxylation is 1. The number of nitrogens with zero attached hydrogens (tertiary/aromatic N) is 2. The Balaban J connectivity index is 0.000000980. The number of anilines is 1. The van der Waals surface area contributed by atoms with E-state index in [0.29, 0.717) is 11.3 Å². The number of hydrogen-bond donors (Lipinski definition) is 1. The van der Waals surface area contributed by atoms with Crippen molar-refractivity contribution in [2.75, 3.05) is 5.73 Å². The molecule has 0 radical (unpaired) electrons. The maximum absolute atomic E-state index is 11.5. The largest absolute Gasteiger partial charge is 0.393 e. The Morgan fingerprint density at radius 1 is 1.43 bits per heavy atom. The summed E-state index contributed by atoms with van der Waals surface area (Å²) in [4.78, 5) is 15.7. The van der Waals surface area contributed by atoms with Gasteiger partial charge in [0.05, 0.1) is 5.69 Å². The van der Waals surface area contributed by atoms with Crippen LogP contribution in [0.4, 0.5) is 5.69 Å². The highest BCUT2D eigenvalue weighted by Crippen LogP contribution is 2.03. The van der Waals surface area contributed by atoms with E-state index in [1.165, 1.54) is 4.40 Å². The predicted octanol–water partition coefficient (Wildman–Crippen LogP) is 1.01. The number of nitrogens with two attached hydrogens (primary N) is 1. The number of fused-ring (bicyclic) bond motifs is 1. The standard InChI is InChI=1S/C9H9N3O.ClH/c1-6-8(10)9(13)12-5-3-2-4-7(12)11-6;/h2-5H,10H2,1H3;1H. The van der Waals surface area contributed by atoms with Gasteiger partial charge in [-0.1, -0.05) is 6.07 Å². The minimum Gasteiger partial charge on any atom is -0.393 e. The van der Waals surface area contributed by atoms with E-state index in [4.69, 9.17) is 5.73 Å². The van der Waals surface area contributed by atoms with Crippen LogP contribution in [-0.2, 0) is 0 Å². The lowest BCUT2D eigenvalue weighted by Gasteiger charge is -2.02. The summed E-state index contributed by atoms with van der Waals surface area (Å²) in [5.74, 6) is 0. The molecule has 0 unspecified atom stereocenters. The summed E-state index contributed by atoms with van der Waals surface area (Å²) in [6, 6.07) is 5.37.